The van der Waals surface area contributed by atoms with Crippen LogP contribution in [0.2, 0.25) is 0 Å². The normalized spacial score (nSPS) is 10.4. The minimum Gasteiger partial charge on any atom is -0.375 e. The molecule has 0 aliphatic rings. The number of hydrogen-bond donors (Lipinski definition) is 3. The first kappa shape index (κ1) is 13.8. The van der Waals surface area contributed by atoms with Gasteiger partial charge in [0.05, 0.1) is 15.6 Å². The first-order valence-corrected chi connectivity index (χ1v) is 7.23. The molecule has 0 fully saturated rings. The maximum Gasteiger partial charge on any atom is 0.283 e. The van der Waals surface area contributed by atoms with E-state index in [9.17, 15) is 4.79 Å². The third-order valence-electron chi connectivity index (χ3n) is 2.29. The molecular formula is C11H13N5OS2. The summed E-state index contributed by atoms with van der Waals surface area (Å²) in [6, 6.07) is 5.26. The first-order valence-electron chi connectivity index (χ1n) is 5.42. The van der Waals surface area contributed by atoms with E-state index in [1.165, 1.54) is 11.3 Å². The second-order valence-electron chi connectivity index (χ2n) is 3.70. The fraction of sp³-hybridized carbons (Fsp3) is 0.182. The number of nitrogens with zero attached hydrogens (tertiary/aromatic N) is 2. The van der Waals surface area contributed by atoms with Gasteiger partial charge in [-0.15, -0.1) is 11.8 Å². The zero-order chi connectivity index (χ0) is 13.8. The average molecular weight is 295 g/mol. The van der Waals surface area contributed by atoms with Crippen LogP contribution in [0.5, 0.6) is 0 Å². The number of pyridine rings is 1. The highest BCUT2D eigenvalue weighted by Crippen LogP contribution is 2.32. The number of anilines is 1. The minimum atomic E-state index is -0.398. The maximum atomic E-state index is 11.4. The lowest BCUT2D eigenvalue weighted by molar-refractivity contribution is 0.0948. The first-order chi connectivity index (χ1) is 9.10. The van der Waals surface area contributed by atoms with E-state index in [1.54, 1.807) is 23.9 Å². The molecule has 2 aromatic heterocycles. The van der Waals surface area contributed by atoms with Crippen LogP contribution in [0.4, 0.5) is 5.13 Å². The second kappa shape index (κ2) is 6.00. The van der Waals surface area contributed by atoms with Crippen molar-refractivity contribution in [3.63, 3.8) is 0 Å². The van der Waals surface area contributed by atoms with Crippen molar-refractivity contribution in [3.8, 4) is 0 Å². The maximum absolute atomic E-state index is 11.4. The fourth-order valence-corrected chi connectivity index (χ4v) is 3.37. The number of nitrogens with two attached hydrogens (primary N) is 2. The second-order valence-corrected chi connectivity index (χ2v) is 5.98. The summed E-state index contributed by atoms with van der Waals surface area (Å²) in [5.74, 6) is 5.33. The Balaban J connectivity index is 2.07. The molecule has 0 saturated heterocycles. The number of hydrazine groups is 1. The molecule has 8 heteroatoms. The molecule has 0 aliphatic heterocycles. The molecule has 0 aromatic carbocycles. The number of aromatic nitrogens is 2. The molecule has 0 saturated carbocycles. The molecule has 0 bridgehead atoms. The van der Waals surface area contributed by atoms with Gasteiger partial charge in [0.25, 0.3) is 5.91 Å². The quantitative estimate of drug-likeness (QED) is 0.340. The zero-order valence-corrected chi connectivity index (χ0v) is 11.8. The lowest BCUT2D eigenvalue weighted by Crippen LogP contribution is -2.30. The molecule has 0 spiro atoms. The van der Waals surface area contributed by atoms with Crippen molar-refractivity contribution < 1.29 is 4.79 Å². The van der Waals surface area contributed by atoms with Crippen molar-refractivity contribution in [2.75, 3.05) is 5.73 Å². The SMILES string of the molecule is Cc1nc(N)sc1SCc1cccc(C(=O)NN)n1. The van der Waals surface area contributed by atoms with E-state index in [0.717, 1.165) is 15.6 Å². The van der Waals surface area contributed by atoms with Crippen molar-refractivity contribution in [2.24, 2.45) is 5.84 Å². The number of thiazole rings is 1. The van der Waals surface area contributed by atoms with Gasteiger partial charge in [-0.1, -0.05) is 17.4 Å². The number of hydrogen-bond acceptors (Lipinski definition) is 7. The van der Waals surface area contributed by atoms with Crippen LogP contribution >= 0.6 is 23.1 Å². The van der Waals surface area contributed by atoms with E-state index in [2.05, 4.69) is 15.4 Å². The third kappa shape index (κ3) is 3.43. The smallest absolute Gasteiger partial charge is 0.283 e. The lowest BCUT2D eigenvalue weighted by atomic mass is 10.3. The summed E-state index contributed by atoms with van der Waals surface area (Å²) in [5.41, 5.74) is 9.73. The Morgan fingerprint density at radius 1 is 1.47 bits per heavy atom. The molecule has 2 rings (SSSR count). The summed E-state index contributed by atoms with van der Waals surface area (Å²) < 4.78 is 1.06. The van der Waals surface area contributed by atoms with Crippen LogP contribution in [-0.2, 0) is 5.75 Å². The number of nitrogen functional groups attached to an aromatic ring is 2. The highest BCUT2D eigenvalue weighted by molar-refractivity contribution is 8.00. The largest absolute Gasteiger partial charge is 0.375 e. The Kier molecular flexibility index (Phi) is 4.35. The summed E-state index contributed by atoms with van der Waals surface area (Å²) in [4.78, 5) is 19.8. The predicted octanol–water partition coefficient (Wildman–Crippen LogP) is 1.32. The summed E-state index contributed by atoms with van der Waals surface area (Å²) in [6.07, 6.45) is 0. The van der Waals surface area contributed by atoms with Gasteiger partial charge in [0.2, 0.25) is 0 Å². The van der Waals surface area contributed by atoms with Crippen molar-refractivity contribution in [3.05, 3.63) is 35.3 Å². The van der Waals surface area contributed by atoms with E-state index in [4.69, 9.17) is 11.6 Å². The molecule has 19 heavy (non-hydrogen) atoms. The van der Waals surface area contributed by atoms with Gasteiger partial charge in [0, 0.05) is 5.75 Å². The van der Waals surface area contributed by atoms with E-state index in [-0.39, 0.29) is 0 Å². The van der Waals surface area contributed by atoms with E-state index >= 15 is 0 Å². The van der Waals surface area contributed by atoms with Crippen molar-refractivity contribution >= 4 is 34.1 Å². The van der Waals surface area contributed by atoms with Gasteiger partial charge in [0.1, 0.15) is 5.69 Å². The van der Waals surface area contributed by atoms with E-state index in [0.29, 0.717) is 16.6 Å². The van der Waals surface area contributed by atoms with Crippen LogP contribution in [0, 0.1) is 6.92 Å². The predicted molar refractivity (Wildman–Crippen MR) is 76.7 cm³/mol. The van der Waals surface area contributed by atoms with Crippen LogP contribution in [0.15, 0.2) is 22.4 Å². The van der Waals surface area contributed by atoms with E-state index in [1.807, 2.05) is 13.0 Å². The zero-order valence-electron chi connectivity index (χ0n) is 10.2. The Labute approximate surface area is 118 Å². The molecule has 100 valence electrons. The fourth-order valence-electron chi connectivity index (χ4n) is 1.44. The summed E-state index contributed by atoms with van der Waals surface area (Å²) in [5, 5.41) is 0.559. The minimum absolute atomic E-state index is 0.307. The molecule has 6 nitrogen and oxygen atoms in total. The summed E-state index contributed by atoms with van der Waals surface area (Å²) in [7, 11) is 0. The molecule has 0 aliphatic carbocycles. The number of carbonyl (C=O) groups is 1. The van der Waals surface area contributed by atoms with Crippen LogP contribution in [0.3, 0.4) is 0 Å². The van der Waals surface area contributed by atoms with E-state index < -0.39 is 5.91 Å². The highest BCUT2D eigenvalue weighted by Gasteiger charge is 2.09. The molecule has 5 N–H and O–H groups in total. The van der Waals surface area contributed by atoms with Crippen LogP contribution < -0.4 is 17.0 Å². The number of thioether (sulfide) groups is 1. The Hall–Kier alpha value is -1.64. The molecule has 0 unspecified atom stereocenters. The van der Waals surface area contributed by atoms with Gasteiger partial charge in [-0.2, -0.15) is 0 Å². The Bertz CT molecular complexity index is 599. The molecule has 0 atom stereocenters. The molecule has 2 heterocycles. The standard InChI is InChI=1S/C11H13N5OS2/c1-6-10(19-11(12)14-6)18-5-7-3-2-4-8(15-7)9(17)16-13/h2-4H,5,13H2,1H3,(H2,12,14)(H,16,17). The Morgan fingerprint density at radius 3 is 2.89 bits per heavy atom. The summed E-state index contributed by atoms with van der Waals surface area (Å²) in [6.45, 7) is 1.92. The molecular weight excluding hydrogens is 282 g/mol. The Morgan fingerprint density at radius 2 is 2.26 bits per heavy atom. The van der Waals surface area contributed by atoms with Gasteiger partial charge in [-0.25, -0.2) is 15.8 Å². The number of carbonyl (C=O) groups excluding carboxylic acids is 1. The lowest BCUT2D eigenvalue weighted by Gasteiger charge is -2.03. The number of nitrogens with one attached hydrogen (secondary N) is 1. The topological polar surface area (TPSA) is 107 Å². The highest BCUT2D eigenvalue weighted by atomic mass is 32.2. The van der Waals surface area contributed by atoms with Gasteiger partial charge in [-0.05, 0) is 19.1 Å². The van der Waals surface area contributed by atoms with Crippen LogP contribution in [0.25, 0.3) is 0 Å². The molecule has 1 amide bonds. The van der Waals surface area contributed by atoms with Gasteiger partial charge in [0.15, 0.2) is 5.13 Å². The number of aryl methyl sites for hydroxylation is 1. The van der Waals surface area contributed by atoms with Crippen molar-refractivity contribution in [2.45, 2.75) is 16.9 Å². The van der Waals surface area contributed by atoms with Gasteiger partial charge in [-0.3, -0.25) is 10.2 Å². The van der Waals surface area contributed by atoms with Crippen molar-refractivity contribution in [1.82, 2.24) is 15.4 Å². The summed E-state index contributed by atoms with van der Waals surface area (Å²) >= 11 is 3.05. The number of rotatable bonds is 4. The number of amides is 1. The van der Waals surface area contributed by atoms with Crippen LogP contribution in [0.1, 0.15) is 21.9 Å². The average Bonchev–Trinajstić information content (AvgIpc) is 2.74. The monoisotopic (exact) mass is 295 g/mol. The molecule has 0 radical (unpaired) electrons. The van der Waals surface area contributed by atoms with Gasteiger partial charge >= 0.3 is 0 Å². The third-order valence-corrected chi connectivity index (χ3v) is 4.67. The van der Waals surface area contributed by atoms with Gasteiger partial charge < -0.3 is 5.73 Å². The van der Waals surface area contributed by atoms with Crippen molar-refractivity contribution in [1.29, 1.82) is 0 Å². The van der Waals surface area contributed by atoms with Crippen LogP contribution in [-0.4, -0.2) is 15.9 Å². The molecule has 2 aromatic rings.